The van der Waals surface area contributed by atoms with E-state index in [-0.39, 0.29) is 5.78 Å². The molecule has 0 N–H and O–H groups in total. The molecule has 0 aliphatic carbocycles. The molecule has 3 nitrogen and oxygen atoms in total. The molecule has 1 heterocycles. The van der Waals surface area contributed by atoms with E-state index in [1.54, 1.807) is 0 Å². The number of aromatic nitrogens is 1. The Bertz CT molecular complexity index is 578. The van der Waals surface area contributed by atoms with Crippen molar-refractivity contribution in [3.63, 3.8) is 0 Å². The fourth-order valence-electron chi connectivity index (χ4n) is 2.24. The molecule has 2 aromatic rings. The Hall–Kier alpha value is -2.03. The minimum absolute atomic E-state index is 0.141. The number of nitrogens with zero attached hydrogens (tertiary/aromatic N) is 2. The molecule has 0 aliphatic rings. The van der Waals surface area contributed by atoms with Gasteiger partial charge in [0.15, 0.2) is 5.78 Å². The Morgan fingerprint density at radius 1 is 1.21 bits per heavy atom. The highest BCUT2D eigenvalue weighted by Gasteiger charge is 2.11. The Balaban J connectivity index is 2.12. The second-order valence-corrected chi connectivity index (χ2v) is 5.19. The maximum Gasteiger partial charge on any atom is 0.183 e. The van der Waals surface area contributed by atoms with Gasteiger partial charge in [-0.05, 0) is 43.2 Å². The predicted molar refractivity (Wildman–Crippen MR) is 78.9 cm³/mol. The Kier molecular flexibility index (Phi) is 3.74. The van der Waals surface area contributed by atoms with Crippen molar-refractivity contribution in [3.8, 4) is 0 Å². The number of likely N-dealkylation sites (N-methyl/N-ethyl adjacent to an activating group) is 1. The number of carbonyl (C=O) groups excluding carboxylic acids is 1. The number of aryl methyl sites for hydroxylation is 3. The molecule has 0 amide bonds. The molecular weight excluding hydrogens is 236 g/mol. The number of carbonyl (C=O) groups is 1. The molecule has 19 heavy (non-hydrogen) atoms. The van der Waals surface area contributed by atoms with Gasteiger partial charge in [0, 0.05) is 37.7 Å². The van der Waals surface area contributed by atoms with Crippen LogP contribution in [0, 0.1) is 13.8 Å². The van der Waals surface area contributed by atoms with Crippen molar-refractivity contribution in [2.75, 3.05) is 18.5 Å². The third-order valence-electron chi connectivity index (χ3n) is 3.18. The van der Waals surface area contributed by atoms with Crippen LogP contribution < -0.4 is 4.90 Å². The summed E-state index contributed by atoms with van der Waals surface area (Å²) in [4.78, 5) is 14.2. The average molecular weight is 256 g/mol. The SMILES string of the molecule is Cc1cc(C)cc(N(C)CC(=O)c2ccn(C)c2)c1. The van der Waals surface area contributed by atoms with Crippen LogP contribution in [0.15, 0.2) is 36.7 Å². The van der Waals surface area contributed by atoms with E-state index in [4.69, 9.17) is 0 Å². The van der Waals surface area contributed by atoms with Gasteiger partial charge in [-0.2, -0.15) is 0 Å². The van der Waals surface area contributed by atoms with E-state index in [2.05, 4.69) is 32.0 Å². The molecule has 2 rings (SSSR count). The Morgan fingerprint density at radius 2 is 1.84 bits per heavy atom. The van der Waals surface area contributed by atoms with Crippen molar-refractivity contribution in [3.05, 3.63) is 53.3 Å². The van der Waals surface area contributed by atoms with Gasteiger partial charge in [-0.15, -0.1) is 0 Å². The van der Waals surface area contributed by atoms with Crippen molar-refractivity contribution < 1.29 is 4.79 Å². The van der Waals surface area contributed by atoms with Gasteiger partial charge in [0.1, 0.15) is 0 Å². The van der Waals surface area contributed by atoms with E-state index in [1.807, 2.05) is 42.0 Å². The van der Waals surface area contributed by atoms with Crippen molar-refractivity contribution in [2.45, 2.75) is 13.8 Å². The zero-order chi connectivity index (χ0) is 14.0. The number of ketones is 1. The van der Waals surface area contributed by atoms with Crippen LogP contribution >= 0.6 is 0 Å². The summed E-state index contributed by atoms with van der Waals surface area (Å²) in [5.74, 6) is 0.141. The lowest BCUT2D eigenvalue weighted by molar-refractivity contribution is 0.100. The first-order chi connectivity index (χ1) is 8.95. The highest BCUT2D eigenvalue weighted by Crippen LogP contribution is 2.18. The largest absolute Gasteiger partial charge is 0.367 e. The Labute approximate surface area is 114 Å². The Morgan fingerprint density at radius 3 is 2.37 bits per heavy atom. The normalized spacial score (nSPS) is 10.5. The van der Waals surface area contributed by atoms with Crippen LogP contribution in [-0.2, 0) is 7.05 Å². The van der Waals surface area contributed by atoms with Gasteiger partial charge >= 0.3 is 0 Å². The first kappa shape index (κ1) is 13.4. The third kappa shape index (κ3) is 3.25. The van der Waals surface area contributed by atoms with Gasteiger partial charge in [0.25, 0.3) is 0 Å². The molecule has 0 aliphatic heterocycles. The van der Waals surface area contributed by atoms with Crippen LogP contribution in [0.3, 0.4) is 0 Å². The van der Waals surface area contributed by atoms with Gasteiger partial charge in [-0.1, -0.05) is 6.07 Å². The highest BCUT2D eigenvalue weighted by atomic mass is 16.1. The number of benzene rings is 1. The summed E-state index contributed by atoms with van der Waals surface area (Å²) in [6.45, 7) is 4.54. The van der Waals surface area contributed by atoms with Gasteiger partial charge in [-0.3, -0.25) is 4.79 Å². The van der Waals surface area contributed by atoms with Crippen molar-refractivity contribution in [1.82, 2.24) is 4.57 Å². The second kappa shape index (κ2) is 5.31. The van der Waals surface area contributed by atoms with Crippen LogP contribution in [0.1, 0.15) is 21.5 Å². The van der Waals surface area contributed by atoms with Crippen LogP contribution in [0.25, 0.3) is 0 Å². The van der Waals surface area contributed by atoms with Crippen molar-refractivity contribution >= 4 is 11.5 Å². The van der Waals surface area contributed by atoms with Gasteiger partial charge in [0.2, 0.25) is 0 Å². The quantitative estimate of drug-likeness (QED) is 0.786. The summed E-state index contributed by atoms with van der Waals surface area (Å²) < 4.78 is 1.89. The van der Waals surface area contributed by atoms with E-state index in [1.165, 1.54) is 11.1 Å². The maximum atomic E-state index is 12.2. The number of hydrogen-bond acceptors (Lipinski definition) is 2. The van der Waals surface area contributed by atoms with E-state index in [9.17, 15) is 4.79 Å². The summed E-state index contributed by atoms with van der Waals surface area (Å²) in [7, 11) is 3.87. The molecule has 0 atom stereocenters. The average Bonchev–Trinajstić information content (AvgIpc) is 2.74. The van der Waals surface area contributed by atoms with E-state index < -0.39 is 0 Å². The van der Waals surface area contributed by atoms with Crippen LogP contribution in [0.2, 0.25) is 0 Å². The van der Waals surface area contributed by atoms with Crippen molar-refractivity contribution in [2.24, 2.45) is 7.05 Å². The van der Waals surface area contributed by atoms with Crippen LogP contribution in [-0.4, -0.2) is 23.9 Å². The van der Waals surface area contributed by atoms with Crippen LogP contribution in [0.5, 0.6) is 0 Å². The zero-order valence-electron chi connectivity index (χ0n) is 12.0. The zero-order valence-corrected chi connectivity index (χ0v) is 12.0. The minimum Gasteiger partial charge on any atom is -0.367 e. The number of Topliss-reactive ketones (excluding diaryl/α,β-unsaturated/α-hetero) is 1. The summed E-state index contributed by atoms with van der Waals surface area (Å²) in [5.41, 5.74) is 4.28. The van der Waals surface area contributed by atoms with Gasteiger partial charge < -0.3 is 9.47 Å². The van der Waals surface area contributed by atoms with Crippen LogP contribution in [0.4, 0.5) is 5.69 Å². The lowest BCUT2D eigenvalue weighted by Crippen LogP contribution is -2.25. The molecule has 3 heteroatoms. The lowest BCUT2D eigenvalue weighted by Gasteiger charge is -2.19. The molecule has 0 spiro atoms. The minimum atomic E-state index is 0.141. The lowest BCUT2D eigenvalue weighted by atomic mass is 10.1. The summed E-state index contributed by atoms with van der Waals surface area (Å²) >= 11 is 0. The molecule has 0 fully saturated rings. The first-order valence-corrected chi connectivity index (χ1v) is 6.40. The molecule has 0 saturated heterocycles. The topological polar surface area (TPSA) is 25.2 Å². The molecular formula is C16H20N2O. The fraction of sp³-hybridized carbons (Fsp3) is 0.312. The summed E-state index contributed by atoms with van der Waals surface area (Å²) in [6, 6.07) is 8.20. The molecule has 0 saturated carbocycles. The fourth-order valence-corrected chi connectivity index (χ4v) is 2.24. The molecule has 100 valence electrons. The predicted octanol–water partition coefficient (Wildman–Crippen LogP) is 2.96. The highest BCUT2D eigenvalue weighted by molar-refractivity contribution is 5.99. The first-order valence-electron chi connectivity index (χ1n) is 6.40. The molecule has 1 aromatic carbocycles. The van der Waals surface area contributed by atoms with E-state index >= 15 is 0 Å². The van der Waals surface area contributed by atoms with E-state index in [0.717, 1.165) is 11.3 Å². The van der Waals surface area contributed by atoms with Gasteiger partial charge in [-0.25, -0.2) is 0 Å². The summed E-state index contributed by atoms with van der Waals surface area (Å²) in [6.07, 6.45) is 3.75. The number of anilines is 1. The summed E-state index contributed by atoms with van der Waals surface area (Å²) in [5, 5.41) is 0. The number of rotatable bonds is 4. The number of hydrogen-bond donors (Lipinski definition) is 0. The van der Waals surface area contributed by atoms with Gasteiger partial charge in [0.05, 0.1) is 6.54 Å². The molecule has 0 radical (unpaired) electrons. The second-order valence-electron chi connectivity index (χ2n) is 5.19. The molecule has 0 bridgehead atoms. The third-order valence-corrected chi connectivity index (χ3v) is 3.18. The monoisotopic (exact) mass is 256 g/mol. The standard InChI is InChI=1S/C16H20N2O/c1-12-7-13(2)9-15(8-12)18(4)11-16(19)14-5-6-17(3)10-14/h5-10H,11H2,1-4H3. The van der Waals surface area contributed by atoms with E-state index in [0.29, 0.717) is 6.54 Å². The van der Waals surface area contributed by atoms with Crippen molar-refractivity contribution in [1.29, 1.82) is 0 Å². The maximum absolute atomic E-state index is 12.2. The molecule has 0 unspecified atom stereocenters. The molecule has 1 aromatic heterocycles. The smallest absolute Gasteiger partial charge is 0.183 e.